The molecule has 1 heterocycles. The molecule has 1 aliphatic rings. The molecule has 2 N–H and O–H groups in total. The van der Waals surface area contributed by atoms with Crippen LogP contribution >= 0.6 is 0 Å². The Balaban J connectivity index is 1.91. The maximum Gasteiger partial charge on any atom is 0.287 e. The van der Waals surface area contributed by atoms with Crippen molar-refractivity contribution in [1.29, 1.82) is 0 Å². The van der Waals surface area contributed by atoms with Crippen molar-refractivity contribution >= 4 is 5.91 Å². The highest BCUT2D eigenvalue weighted by Crippen LogP contribution is 2.35. The van der Waals surface area contributed by atoms with Crippen LogP contribution in [0.5, 0.6) is 0 Å². The third-order valence-electron chi connectivity index (χ3n) is 4.11. The van der Waals surface area contributed by atoms with Gasteiger partial charge in [0, 0.05) is 18.4 Å². The normalized spacial score (nSPS) is 18.2. The average molecular weight is 265 g/mol. The SMILES string of the molecule is CCc1ccc(C(=O)NCC2(CO)CCCCC2)o1. The molecule has 0 bridgehead atoms. The van der Waals surface area contributed by atoms with Crippen molar-refractivity contribution in [3.8, 4) is 0 Å². The van der Waals surface area contributed by atoms with Gasteiger partial charge in [-0.1, -0.05) is 26.2 Å². The van der Waals surface area contributed by atoms with Gasteiger partial charge in [-0.2, -0.15) is 0 Å². The fourth-order valence-corrected chi connectivity index (χ4v) is 2.74. The van der Waals surface area contributed by atoms with Gasteiger partial charge in [0.2, 0.25) is 0 Å². The summed E-state index contributed by atoms with van der Waals surface area (Å²) in [5.74, 6) is 0.999. The van der Waals surface area contributed by atoms with E-state index >= 15 is 0 Å². The van der Waals surface area contributed by atoms with Crippen molar-refractivity contribution in [2.24, 2.45) is 5.41 Å². The molecule has 0 atom stereocenters. The van der Waals surface area contributed by atoms with Crippen LogP contribution in [-0.4, -0.2) is 24.2 Å². The Kier molecular flexibility index (Phi) is 4.64. The highest BCUT2D eigenvalue weighted by Gasteiger charge is 2.32. The summed E-state index contributed by atoms with van der Waals surface area (Å²) >= 11 is 0. The van der Waals surface area contributed by atoms with Crippen LogP contribution in [0.4, 0.5) is 0 Å². The number of aryl methyl sites for hydroxylation is 1. The van der Waals surface area contributed by atoms with E-state index in [0.29, 0.717) is 12.3 Å². The summed E-state index contributed by atoms with van der Waals surface area (Å²) in [7, 11) is 0. The van der Waals surface area contributed by atoms with Gasteiger partial charge in [0.25, 0.3) is 5.91 Å². The van der Waals surface area contributed by atoms with Crippen molar-refractivity contribution in [2.45, 2.75) is 45.4 Å². The van der Waals surface area contributed by atoms with Gasteiger partial charge in [-0.25, -0.2) is 0 Å². The summed E-state index contributed by atoms with van der Waals surface area (Å²) in [5, 5.41) is 12.5. The van der Waals surface area contributed by atoms with Gasteiger partial charge in [0.15, 0.2) is 5.76 Å². The van der Waals surface area contributed by atoms with Crippen LogP contribution < -0.4 is 5.32 Å². The molecule has 1 saturated carbocycles. The fraction of sp³-hybridized carbons (Fsp3) is 0.667. The number of rotatable bonds is 5. The van der Waals surface area contributed by atoms with Crippen LogP contribution in [0, 0.1) is 5.41 Å². The molecule has 4 nitrogen and oxygen atoms in total. The average Bonchev–Trinajstić information content (AvgIpc) is 2.95. The van der Waals surface area contributed by atoms with Gasteiger partial charge in [-0.3, -0.25) is 4.79 Å². The van der Waals surface area contributed by atoms with Crippen LogP contribution in [0.2, 0.25) is 0 Å². The zero-order valence-electron chi connectivity index (χ0n) is 11.6. The molecule has 0 unspecified atom stereocenters. The summed E-state index contributed by atoms with van der Waals surface area (Å²) in [4.78, 5) is 12.0. The third kappa shape index (κ3) is 3.38. The molecule has 0 aliphatic heterocycles. The number of carbonyl (C=O) groups excluding carboxylic acids is 1. The molecule has 19 heavy (non-hydrogen) atoms. The number of aliphatic hydroxyl groups is 1. The molecule has 1 fully saturated rings. The Morgan fingerprint density at radius 1 is 1.37 bits per heavy atom. The number of amides is 1. The summed E-state index contributed by atoms with van der Waals surface area (Å²) in [6, 6.07) is 3.54. The Morgan fingerprint density at radius 2 is 2.11 bits per heavy atom. The Morgan fingerprint density at radius 3 is 2.68 bits per heavy atom. The van der Waals surface area contributed by atoms with Crippen molar-refractivity contribution in [1.82, 2.24) is 5.32 Å². The lowest BCUT2D eigenvalue weighted by Gasteiger charge is -2.35. The predicted molar refractivity (Wildman–Crippen MR) is 73.0 cm³/mol. The molecular weight excluding hydrogens is 242 g/mol. The van der Waals surface area contributed by atoms with Crippen LogP contribution in [0.3, 0.4) is 0 Å². The Bertz CT molecular complexity index is 419. The summed E-state index contributed by atoms with van der Waals surface area (Å²) in [5.41, 5.74) is -0.131. The number of aliphatic hydroxyl groups excluding tert-OH is 1. The molecule has 2 rings (SSSR count). The first-order valence-corrected chi connectivity index (χ1v) is 7.17. The molecule has 0 aromatic carbocycles. The summed E-state index contributed by atoms with van der Waals surface area (Å²) in [6.45, 7) is 2.67. The van der Waals surface area contributed by atoms with Crippen LogP contribution in [0.1, 0.15) is 55.3 Å². The molecule has 1 aromatic heterocycles. The number of hydrogen-bond donors (Lipinski definition) is 2. The van der Waals surface area contributed by atoms with Gasteiger partial charge in [-0.15, -0.1) is 0 Å². The fourth-order valence-electron chi connectivity index (χ4n) is 2.74. The number of carbonyl (C=O) groups is 1. The van der Waals surface area contributed by atoms with E-state index in [9.17, 15) is 9.90 Å². The molecular formula is C15H23NO3. The minimum absolute atomic E-state index is 0.131. The molecule has 0 spiro atoms. The molecule has 106 valence electrons. The summed E-state index contributed by atoms with van der Waals surface area (Å²) < 4.78 is 5.43. The quantitative estimate of drug-likeness (QED) is 0.860. The molecule has 0 radical (unpaired) electrons. The minimum atomic E-state index is -0.182. The van der Waals surface area contributed by atoms with Gasteiger partial charge in [0.1, 0.15) is 5.76 Å². The monoisotopic (exact) mass is 265 g/mol. The standard InChI is InChI=1S/C15H23NO3/c1-2-12-6-7-13(19-12)14(18)16-10-15(11-17)8-4-3-5-9-15/h6-7,17H,2-5,8-11H2,1H3,(H,16,18). The lowest BCUT2D eigenvalue weighted by atomic mass is 9.74. The topological polar surface area (TPSA) is 62.5 Å². The largest absolute Gasteiger partial charge is 0.456 e. The Hall–Kier alpha value is -1.29. The first-order valence-electron chi connectivity index (χ1n) is 7.17. The van der Waals surface area contributed by atoms with Crippen LogP contribution in [-0.2, 0) is 6.42 Å². The van der Waals surface area contributed by atoms with E-state index in [2.05, 4.69) is 5.32 Å². The van der Waals surface area contributed by atoms with Crippen LogP contribution in [0.15, 0.2) is 16.5 Å². The van der Waals surface area contributed by atoms with Crippen LogP contribution in [0.25, 0.3) is 0 Å². The van der Waals surface area contributed by atoms with Crippen molar-refractivity contribution in [3.05, 3.63) is 23.7 Å². The highest BCUT2D eigenvalue weighted by atomic mass is 16.3. The van der Waals surface area contributed by atoms with Crippen molar-refractivity contribution in [2.75, 3.05) is 13.2 Å². The minimum Gasteiger partial charge on any atom is -0.456 e. The van der Waals surface area contributed by atoms with E-state index < -0.39 is 0 Å². The predicted octanol–water partition coefficient (Wildman–Crippen LogP) is 2.51. The first-order chi connectivity index (χ1) is 9.19. The van der Waals surface area contributed by atoms with Gasteiger partial charge >= 0.3 is 0 Å². The van der Waals surface area contributed by atoms with E-state index in [1.807, 2.05) is 13.0 Å². The van der Waals surface area contributed by atoms with E-state index in [1.54, 1.807) is 6.07 Å². The Labute approximate surface area is 114 Å². The number of furan rings is 1. The van der Waals surface area contributed by atoms with Gasteiger partial charge in [0.05, 0.1) is 6.61 Å². The second-order valence-electron chi connectivity index (χ2n) is 5.52. The van der Waals surface area contributed by atoms with Gasteiger partial charge < -0.3 is 14.8 Å². The van der Waals surface area contributed by atoms with E-state index in [0.717, 1.165) is 37.9 Å². The molecule has 1 amide bonds. The zero-order valence-corrected chi connectivity index (χ0v) is 11.6. The smallest absolute Gasteiger partial charge is 0.287 e. The number of nitrogens with one attached hydrogen (secondary N) is 1. The molecule has 4 heteroatoms. The van der Waals surface area contributed by atoms with Crippen molar-refractivity contribution < 1.29 is 14.3 Å². The highest BCUT2D eigenvalue weighted by molar-refractivity contribution is 5.91. The molecule has 1 aliphatic carbocycles. The third-order valence-corrected chi connectivity index (χ3v) is 4.11. The number of hydrogen-bond acceptors (Lipinski definition) is 3. The lowest BCUT2D eigenvalue weighted by molar-refractivity contribution is 0.0703. The van der Waals surface area contributed by atoms with Gasteiger partial charge in [-0.05, 0) is 25.0 Å². The maximum atomic E-state index is 12.0. The molecule has 1 aromatic rings. The van der Waals surface area contributed by atoms with E-state index in [4.69, 9.17) is 4.42 Å². The second-order valence-corrected chi connectivity index (χ2v) is 5.52. The lowest BCUT2D eigenvalue weighted by Crippen LogP contribution is -2.41. The zero-order chi connectivity index (χ0) is 13.7. The first kappa shape index (κ1) is 14.1. The van der Waals surface area contributed by atoms with E-state index in [-0.39, 0.29) is 17.9 Å². The summed E-state index contributed by atoms with van der Waals surface area (Å²) in [6.07, 6.45) is 6.26. The maximum absolute atomic E-state index is 12.0. The van der Waals surface area contributed by atoms with Crippen molar-refractivity contribution in [3.63, 3.8) is 0 Å². The van der Waals surface area contributed by atoms with E-state index in [1.165, 1.54) is 6.42 Å². The molecule has 0 saturated heterocycles. The second kappa shape index (κ2) is 6.24.